The smallest absolute Gasteiger partial charge is 0.407 e. The number of carbonyl (C=O) groups excluding carboxylic acids is 1. The maximum Gasteiger partial charge on any atom is 0.407 e. The summed E-state index contributed by atoms with van der Waals surface area (Å²) in [5.41, 5.74) is 6.64. The minimum Gasteiger partial charge on any atom is -0.497 e. The molecule has 5 heteroatoms. The highest BCUT2D eigenvalue weighted by Gasteiger charge is 2.32. The van der Waals surface area contributed by atoms with Crippen LogP contribution in [-0.2, 0) is 11.2 Å². The Morgan fingerprint density at radius 3 is 3.06 bits per heavy atom. The van der Waals surface area contributed by atoms with E-state index in [0.717, 1.165) is 11.3 Å². The van der Waals surface area contributed by atoms with Gasteiger partial charge in [-0.3, -0.25) is 0 Å². The van der Waals surface area contributed by atoms with Crippen LogP contribution in [0.4, 0.5) is 4.79 Å². The van der Waals surface area contributed by atoms with E-state index in [4.69, 9.17) is 15.2 Å². The normalized spacial score (nSPS) is 23.1. The summed E-state index contributed by atoms with van der Waals surface area (Å²) in [6, 6.07) is 7.58. The molecule has 1 aromatic carbocycles. The fraction of sp³-hybridized carbons (Fsp3) is 0.417. The summed E-state index contributed by atoms with van der Waals surface area (Å²) in [5.74, 6) is 0.795. The molecule has 0 bridgehead atoms. The Hall–Kier alpha value is -1.75. The SMILES string of the molecule is COc1cccc(CC2OC(=O)NC2CN)c1. The second kappa shape index (κ2) is 5.05. The van der Waals surface area contributed by atoms with Gasteiger partial charge < -0.3 is 20.5 Å². The molecule has 5 nitrogen and oxygen atoms in total. The average molecular weight is 236 g/mol. The van der Waals surface area contributed by atoms with Crippen molar-refractivity contribution in [1.29, 1.82) is 0 Å². The number of alkyl carbamates (subject to hydrolysis) is 1. The van der Waals surface area contributed by atoms with Gasteiger partial charge in [-0.25, -0.2) is 4.79 Å². The zero-order valence-corrected chi connectivity index (χ0v) is 9.68. The number of hydrogen-bond acceptors (Lipinski definition) is 4. The second-order valence-corrected chi connectivity index (χ2v) is 3.99. The molecule has 17 heavy (non-hydrogen) atoms. The Bertz CT molecular complexity index is 408. The molecular formula is C12H16N2O3. The monoisotopic (exact) mass is 236 g/mol. The molecular weight excluding hydrogens is 220 g/mol. The van der Waals surface area contributed by atoms with Crippen molar-refractivity contribution in [3.63, 3.8) is 0 Å². The van der Waals surface area contributed by atoms with E-state index in [-0.39, 0.29) is 12.1 Å². The van der Waals surface area contributed by atoms with Crippen LogP contribution in [0.3, 0.4) is 0 Å². The third-order valence-electron chi connectivity index (χ3n) is 2.84. The van der Waals surface area contributed by atoms with E-state index < -0.39 is 6.09 Å². The predicted octanol–water partition coefficient (Wildman–Crippen LogP) is 0.673. The Balaban J connectivity index is 2.06. The van der Waals surface area contributed by atoms with Crippen molar-refractivity contribution < 1.29 is 14.3 Å². The van der Waals surface area contributed by atoms with Gasteiger partial charge in [0.25, 0.3) is 0 Å². The van der Waals surface area contributed by atoms with Crippen molar-refractivity contribution in [3.05, 3.63) is 29.8 Å². The van der Waals surface area contributed by atoms with Crippen molar-refractivity contribution in [1.82, 2.24) is 5.32 Å². The number of hydrogen-bond donors (Lipinski definition) is 2. The van der Waals surface area contributed by atoms with Crippen LogP contribution in [0, 0.1) is 0 Å². The van der Waals surface area contributed by atoms with Gasteiger partial charge in [0.2, 0.25) is 0 Å². The molecule has 2 unspecified atom stereocenters. The molecule has 2 atom stereocenters. The van der Waals surface area contributed by atoms with Crippen LogP contribution in [0.2, 0.25) is 0 Å². The van der Waals surface area contributed by atoms with Gasteiger partial charge in [0.15, 0.2) is 0 Å². The molecule has 1 fully saturated rings. The van der Waals surface area contributed by atoms with E-state index in [1.807, 2.05) is 24.3 Å². The number of amides is 1. The molecule has 1 saturated heterocycles. The highest BCUT2D eigenvalue weighted by molar-refractivity contribution is 5.70. The first kappa shape index (κ1) is 11.7. The van der Waals surface area contributed by atoms with Crippen LogP contribution in [-0.4, -0.2) is 31.9 Å². The fourth-order valence-corrected chi connectivity index (χ4v) is 1.92. The molecule has 0 radical (unpaired) electrons. The van der Waals surface area contributed by atoms with Gasteiger partial charge >= 0.3 is 6.09 Å². The van der Waals surface area contributed by atoms with Gasteiger partial charge in [-0.2, -0.15) is 0 Å². The van der Waals surface area contributed by atoms with Gasteiger partial charge in [0.05, 0.1) is 13.2 Å². The number of rotatable bonds is 4. The molecule has 0 aliphatic carbocycles. The van der Waals surface area contributed by atoms with Crippen LogP contribution in [0.5, 0.6) is 5.75 Å². The lowest BCUT2D eigenvalue weighted by atomic mass is 10.0. The van der Waals surface area contributed by atoms with Crippen LogP contribution < -0.4 is 15.8 Å². The molecule has 92 valence electrons. The highest BCUT2D eigenvalue weighted by atomic mass is 16.6. The zero-order chi connectivity index (χ0) is 12.3. The lowest BCUT2D eigenvalue weighted by Gasteiger charge is -2.15. The Morgan fingerprint density at radius 2 is 2.35 bits per heavy atom. The van der Waals surface area contributed by atoms with Crippen molar-refractivity contribution >= 4 is 6.09 Å². The van der Waals surface area contributed by atoms with E-state index in [9.17, 15) is 4.79 Å². The largest absolute Gasteiger partial charge is 0.497 e. The molecule has 0 spiro atoms. The Morgan fingerprint density at radius 1 is 1.53 bits per heavy atom. The van der Waals surface area contributed by atoms with Crippen molar-refractivity contribution in [2.75, 3.05) is 13.7 Å². The van der Waals surface area contributed by atoms with E-state index in [1.165, 1.54) is 0 Å². The van der Waals surface area contributed by atoms with Crippen LogP contribution in [0.25, 0.3) is 0 Å². The van der Waals surface area contributed by atoms with Gasteiger partial charge in [-0.05, 0) is 17.7 Å². The first-order valence-corrected chi connectivity index (χ1v) is 5.53. The molecule has 0 aromatic heterocycles. The second-order valence-electron chi connectivity index (χ2n) is 3.99. The summed E-state index contributed by atoms with van der Waals surface area (Å²) >= 11 is 0. The summed E-state index contributed by atoms with van der Waals surface area (Å²) in [6.45, 7) is 0.375. The maximum absolute atomic E-state index is 11.1. The van der Waals surface area contributed by atoms with Crippen molar-refractivity contribution in [2.24, 2.45) is 5.73 Å². The predicted molar refractivity (Wildman–Crippen MR) is 62.9 cm³/mol. The first-order valence-electron chi connectivity index (χ1n) is 5.53. The number of methoxy groups -OCH3 is 1. The van der Waals surface area contributed by atoms with Crippen molar-refractivity contribution in [2.45, 2.75) is 18.6 Å². The number of nitrogens with one attached hydrogen (secondary N) is 1. The molecule has 1 aliphatic rings. The quantitative estimate of drug-likeness (QED) is 0.806. The van der Waals surface area contributed by atoms with Gasteiger partial charge in [-0.15, -0.1) is 0 Å². The van der Waals surface area contributed by atoms with Crippen LogP contribution in [0.1, 0.15) is 5.56 Å². The molecule has 1 amide bonds. The summed E-state index contributed by atoms with van der Waals surface area (Å²) in [4.78, 5) is 11.1. The zero-order valence-electron chi connectivity index (χ0n) is 9.68. The van der Waals surface area contributed by atoms with Gasteiger partial charge in [0, 0.05) is 13.0 Å². The van der Waals surface area contributed by atoms with Crippen molar-refractivity contribution in [3.8, 4) is 5.75 Å². The number of carbonyl (C=O) groups is 1. The number of cyclic esters (lactones) is 1. The number of benzene rings is 1. The maximum atomic E-state index is 11.1. The third-order valence-corrected chi connectivity index (χ3v) is 2.84. The Kier molecular flexibility index (Phi) is 3.49. The van der Waals surface area contributed by atoms with Gasteiger partial charge in [-0.1, -0.05) is 12.1 Å². The number of ether oxygens (including phenoxy) is 2. The topological polar surface area (TPSA) is 73.6 Å². The van der Waals surface area contributed by atoms with E-state index in [1.54, 1.807) is 7.11 Å². The summed E-state index contributed by atoms with van der Waals surface area (Å²) in [5, 5.41) is 2.69. The fourth-order valence-electron chi connectivity index (χ4n) is 1.92. The van der Waals surface area contributed by atoms with Crippen LogP contribution in [0.15, 0.2) is 24.3 Å². The molecule has 1 heterocycles. The highest BCUT2D eigenvalue weighted by Crippen LogP contribution is 2.18. The standard InChI is InChI=1S/C12H16N2O3/c1-16-9-4-2-3-8(5-9)6-11-10(7-13)14-12(15)17-11/h2-5,10-11H,6-7,13H2,1H3,(H,14,15). The first-order chi connectivity index (χ1) is 8.22. The summed E-state index contributed by atoms with van der Waals surface area (Å²) in [7, 11) is 1.62. The van der Waals surface area contributed by atoms with E-state index in [0.29, 0.717) is 13.0 Å². The lowest BCUT2D eigenvalue weighted by Crippen LogP contribution is -2.39. The summed E-state index contributed by atoms with van der Waals surface area (Å²) in [6.07, 6.45) is 0.0330. The van der Waals surface area contributed by atoms with Gasteiger partial charge in [0.1, 0.15) is 11.9 Å². The lowest BCUT2D eigenvalue weighted by molar-refractivity contribution is 0.132. The van der Waals surface area contributed by atoms with Crippen LogP contribution >= 0.6 is 0 Å². The molecule has 2 rings (SSSR count). The minimum atomic E-state index is -0.395. The minimum absolute atomic E-state index is 0.117. The molecule has 3 N–H and O–H groups in total. The molecule has 1 aromatic rings. The van der Waals surface area contributed by atoms with E-state index in [2.05, 4.69) is 5.32 Å². The number of nitrogens with two attached hydrogens (primary N) is 1. The van der Waals surface area contributed by atoms with E-state index >= 15 is 0 Å². The summed E-state index contributed by atoms with van der Waals surface area (Å²) < 4.78 is 10.3. The molecule has 1 aliphatic heterocycles. The average Bonchev–Trinajstić information content (AvgIpc) is 2.69. The Labute approximate surface area is 99.9 Å². The third kappa shape index (κ3) is 2.68. The molecule has 0 saturated carbocycles.